The Labute approximate surface area is 160 Å². The second-order valence-electron chi connectivity index (χ2n) is 5.51. The zero-order valence-electron chi connectivity index (χ0n) is 13.9. The van der Waals surface area contributed by atoms with Crippen LogP contribution in [0.4, 0.5) is 0 Å². The molecule has 0 atom stereocenters. The van der Waals surface area contributed by atoms with Crippen LogP contribution in [0.2, 0.25) is 0 Å². The fourth-order valence-electron chi connectivity index (χ4n) is 2.25. The first-order valence-electron chi connectivity index (χ1n) is 8.07. The number of carbonyl (C=O) groups is 1. The summed E-state index contributed by atoms with van der Waals surface area (Å²) in [6.07, 6.45) is 1.60. The van der Waals surface area contributed by atoms with Crippen molar-refractivity contribution in [3.05, 3.63) is 100 Å². The zero-order valence-corrected chi connectivity index (χ0v) is 15.5. The summed E-state index contributed by atoms with van der Waals surface area (Å²) in [5.41, 5.74) is 5.01. The highest BCUT2D eigenvalue weighted by Gasteiger charge is 2.05. The molecule has 3 rings (SSSR count). The highest BCUT2D eigenvalue weighted by molar-refractivity contribution is 9.10. The molecule has 0 saturated carbocycles. The van der Waals surface area contributed by atoms with Gasteiger partial charge < -0.3 is 4.74 Å². The van der Waals surface area contributed by atoms with Crippen LogP contribution < -0.4 is 10.2 Å². The molecular weight excluding hydrogens is 392 g/mol. The minimum Gasteiger partial charge on any atom is -0.489 e. The van der Waals surface area contributed by atoms with E-state index in [4.69, 9.17) is 4.74 Å². The first-order valence-corrected chi connectivity index (χ1v) is 8.86. The molecule has 0 bridgehead atoms. The van der Waals surface area contributed by atoms with Crippen molar-refractivity contribution in [1.82, 2.24) is 5.43 Å². The molecule has 0 aromatic heterocycles. The van der Waals surface area contributed by atoms with E-state index in [9.17, 15) is 4.79 Å². The van der Waals surface area contributed by atoms with Crippen molar-refractivity contribution in [2.24, 2.45) is 5.10 Å². The molecule has 0 fully saturated rings. The number of amides is 1. The first kappa shape index (κ1) is 17.9. The van der Waals surface area contributed by atoms with E-state index in [1.165, 1.54) is 0 Å². The topological polar surface area (TPSA) is 50.7 Å². The van der Waals surface area contributed by atoms with Crippen LogP contribution in [0.3, 0.4) is 0 Å². The molecule has 0 heterocycles. The Morgan fingerprint density at radius 3 is 2.38 bits per heavy atom. The maximum atomic E-state index is 12.1. The van der Waals surface area contributed by atoms with E-state index < -0.39 is 0 Å². The predicted molar refractivity (Wildman–Crippen MR) is 106 cm³/mol. The molecule has 0 aliphatic carbocycles. The number of hydrogen-bond acceptors (Lipinski definition) is 3. The van der Waals surface area contributed by atoms with Gasteiger partial charge in [-0.3, -0.25) is 4.79 Å². The zero-order chi connectivity index (χ0) is 18.2. The van der Waals surface area contributed by atoms with Crippen LogP contribution in [-0.4, -0.2) is 12.1 Å². The SMILES string of the molecule is O=C(N/N=C\c1ccccc1)c1ccc(OCc2ccccc2Br)cc1. The normalized spacial score (nSPS) is 10.7. The molecule has 0 saturated heterocycles. The Morgan fingerprint density at radius 2 is 1.65 bits per heavy atom. The van der Waals surface area contributed by atoms with Crippen LogP contribution in [0, 0.1) is 0 Å². The van der Waals surface area contributed by atoms with E-state index in [1.807, 2.05) is 54.6 Å². The molecule has 0 aliphatic rings. The number of nitrogens with one attached hydrogen (secondary N) is 1. The van der Waals surface area contributed by atoms with E-state index in [0.717, 1.165) is 15.6 Å². The van der Waals surface area contributed by atoms with Crippen LogP contribution in [0.25, 0.3) is 0 Å². The molecule has 4 nitrogen and oxygen atoms in total. The monoisotopic (exact) mass is 408 g/mol. The maximum Gasteiger partial charge on any atom is 0.271 e. The molecule has 0 unspecified atom stereocenters. The second kappa shape index (κ2) is 8.97. The van der Waals surface area contributed by atoms with E-state index in [2.05, 4.69) is 26.5 Å². The van der Waals surface area contributed by atoms with Crippen molar-refractivity contribution < 1.29 is 9.53 Å². The third kappa shape index (κ3) is 5.04. The van der Waals surface area contributed by atoms with Gasteiger partial charge in [0.15, 0.2) is 0 Å². The second-order valence-corrected chi connectivity index (χ2v) is 6.37. The van der Waals surface area contributed by atoms with Crippen LogP contribution in [0.5, 0.6) is 5.75 Å². The van der Waals surface area contributed by atoms with Crippen molar-refractivity contribution in [3.8, 4) is 5.75 Å². The Bertz CT molecular complexity index is 893. The molecule has 130 valence electrons. The molecule has 0 spiro atoms. The molecule has 26 heavy (non-hydrogen) atoms. The lowest BCUT2D eigenvalue weighted by molar-refractivity contribution is 0.0955. The smallest absolute Gasteiger partial charge is 0.271 e. The molecule has 1 amide bonds. The molecule has 1 N–H and O–H groups in total. The molecular formula is C21H17BrN2O2. The van der Waals surface area contributed by atoms with Crippen molar-refractivity contribution in [3.63, 3.8) is 0 Å². The average molecular weight is 409 g/mol. The van der Waals surface area contributed by atoms with Gasteiger partial charge in [0.2, 0.25) is 0 Å². The number of ether oxygens (including phenoxy) is 1. The summed E-state index contributed by atoms with van der Waals surface area (Å²) in [5, 5.41) is 3.97. The predicted octanol–water partition coefficient (Wildman–Crippen LogP) is 4.79. The van der Waals surface area contributed by atoms with Gasteiger partial charge in [-0.2, -0.15) is 5.10 Å². The van der Waals surface area contributed by atoms with Gasteiger partial charge >= 0.3 is 0 Å². The maximum absolute atomic E-state index is 12.1. The lowest BCUT2D eigenvalue weighted by atomic mass is 10.2. The van der Waals surface area contributed by atoms with Crippen molar-refractivity contribution >= 4 is 28.1 Å². The fraction of sp³-hybridized carbons (Fsp3) is 0.0476. The summed E-state index contributed by atoms with van der Waals surface area (Å²) in [4.78, 5) is 12.1. The number of benzene rings is 3. The summed E-state index contributed by atoms with van der Waals surface area (Å²) in [5.74, 6) is 0.430. The Balaban J connectivity index is 1.54. The Kier molecular flexibility index (Phi) is 6.17. The lowest BCUT2D eigenvalue weighted by Gasteiger charge is -2.08. The third-order valence-electron chi connectivity index (χ3n) is 3.65. The highest BCUT2D eigenvalue weighted by Crippen LogP contribution is 2.19. The van der Waals surface area contributed by atoms with Crippen LogP contribution >= 0.6 is 15.9 Å². The molecule has 5 heteroatoms. The highest BCUT2D eigenvalue weighted by atomic mass is 79.9. The molecule has 0 radical (unpaired) electrons. The summed E-state index contributed by atoms with van der Waals surface area (Å²) >= 11 is 3.50. The summed E-state index contributed by atoms with van der Waals surface area (Å²) in [7, 11) is 0. The van der Waals surface area contributed by atoms with Gasteiger partial charge in [-0.1, -0.05) is 64.5 Å². The van der Waals surface area contributed by atoms with Crippen molar-refractivity contribution in [2.75, 3.05) is 0 Å². The van der Waals surface area contributed by atoms with Crippen molar-refractivity contribution in [2.45, 2.75) is 6.61 Å². The first-order chi connectivity index (χ1) is 12.7. The number of nitrogens with zero attached hydrogens (tertiary/aromatic N) is 1. The Hall–Kier alpha value is -2.92. The summed E-state index contributed by atoms with van der Waals surface area (Å²) in [6, 6.07) is 24.4. The van der Waals surface area contributed by atoms with Crippen LogP contribution in [-0.2, 0) is 6.61 Å². The van der Waals surface area contributed by atoms with Gasteiger partial charge in [0, 0.05) is 15.6 Å². The van der Waals surface area contributed by atoms with Gasteiger partial charge in [-0.05, 0) is 35.9 Å². The number of hydrogen-bond donors (Lipinski definition) is 1. The quantitative estimate of drug-likeness (QED) is 0.470. The van der Waals surface area contributed by atoms with Crippen LogP contribution in [0.1, 0.15) is 21.5 Å². The fourth-order valence-corrected chi connectivity index (χ4v) is 2.65. The lowest BCUT2D eigenvalue weighted by Crippen LogP contribution is -2.17. The molecule has 0 aliphatic heterocycles. The van der Waals surface area contributed by atoms with Crippen molar-refractivity contribution in [1.29, 1.82) is 0 Å². The van der Waals surface area contributed by atoms with Gasteiger partial charge in [0.25, 0.3) is 5.91 Å². The molecule has 3 aromatic carbocycles. The van der Waals surface area contributed by atoms with E-state index >= 15 is 0 Å². The van der Waals surface area contributed by atoms with E-state index in [0.29, 0.717) is 17.9 Å². The average Bonchev–Trinajstić information content (AvgIpc) is 2.68. The number of carbonyl (C=O) groups excluding carboxylic acids is 1. The van der Waals surface area contributed by atoms with Gasteiger partial charge in [0.1, 0.15) is 12.4 Å². The minimum absolute atomic E-state index is 0.269. The number of rotatable bonds is 6. The summed E-state index contributed by atoms with van der Waals surface area (Å²) in [6.45, 7) is 0.453. The van der Waals surface area contributed by atoms with E-state index in [-0.39, 0.29) is 5.91 Å². The largest absolute Gasteiger partial charge is 0.489 e. The minimum atomic E-state index is -0.269. The number of hydrazone groups is 1. The summed E-state index contributed by atoms with van der Waals surface area (Å²) < 4.78 is 6.76. The van der Waals surface area contributed by atoms with E-state index in [1.54, 1.807) is 30.5 Å². The number of halogens is 1. The third-order valence-corrected chi connectivity index (χ3v) is 4.42. The van der Waals surface area contributed by atoms with Gasteiger partial charge in [-0.25, -0.2) is 5.43 Å². The van der Waals surface area contributed by atoms with Crippen LogP contribution in [0.15, 0.2) is 88.4 Å². The van der Waals surface area contributed by atoms with Gasteiger partial charge in [-0.15, -0.1) is 0 Å². The standard InChI is InChI=1S/C21H17BrN2O2/c22-20-9-5-4-8-18(20)15-26-19-12-10-17(11-13-19)21(25)24-23-14-16-6-2-1-3-7-16/h1-14H,15H2,(H,24,25)/b23-14-. The Morgan fingerprint density at radius 1 is 0.962 bits per heavy atom. The van der Waals surface area contributed by atoms with Gasteiger partial charge in [0.05, 0.1) is 6.21 Å². The molecule has 3 aromatic rings.